The van der Waals surface area contributed by atoms with Crippen molar-refractivity contribution in [2.45, 2.75) is 84.5 Å². The smallest absolute Gasteiger partial charge is 0.455 e. The van der Waals surface area contributed by atoms with Gasteiger partial charge < -0.3 is 23.7 Å². The maximum Gasteiger partial charge on any atom is 0.475 e. The first-order valence-corrected chi connectivity index (χ1v) is 13.3. The van der Waals surface area contributed by atoms with Gasteiger partial charge in [0, 0.05) is 34.6 Å². The van der Waals surface area contributed by atoms with Gasteiger partial charge in [-0.1, -0.05) is 24.3 Å². The maximum absolute atomic E-state index is 13.7. The van der Waals surface area contributed by atoms with E-state index < -0.39 is 74.3 Å². The number of rotatable bonds is 7. The molecule has 0 N–H and O–H groups in total. The first kappa shape index (κ1) is 30.2. The molecule has 1 aromatic rings. The van der Waals surface area contributed by atoms with Gasteiger partial charge in [0.05, 0.1) is 13.2 Å². The lowest BCUT2D eigenvalue weighted by atomic mass is 9.83. The Hall–Kier alpha value is -3.32. The first-order valence-electron chi connectivity index (χ1n) is 11.8. The molecular weight excluding hydrogens is 543 g/mol. The van der Waals surface area contributed by atoms with Crippen molar-refractivity contribution in [2.75, 3.05) is 0 Å². The summed E-state index contributed by atoms with van der Waals surface area (Å²) in [7, 11) is -4.51. The molecule has 0 spiro atoms. The summed E-state index contributed by atoms with van der Waals surface area (Å²) in [6.45, 7) is 4.77. The van der Waals surface area contributed by atoms with Gasteiger partial charge in [-0.15, -0.1) is 0 Å². The Balaban J connectivity index is 2.11. The molecule has 0 saturated heterocycles. The highest BCUT2D eigenvalue weighted by atomic mass is 31.2. The summed E-state index contributed by atoms with van der Waals surface area (Å²) in [5, 5.41) is 0. The van der Waals surface area contributed by atoms with Crippen molar-refractivity contribution >= 4 is 37.7 Å². The van der Waals surface area contributed by atoms with Gasteiger partial charge in [0.15, 0.2) is 36.6 Å². The molecular formula is C24H29O14P. The highest BCUT2D eigenvalue weighted by Gasteiger charge is 2.61. The van der Waals surface area contributed by atoms with E-state index in [2.05, 4.69) is 0 Å². The van der Waals surface area contributed by atoms with E-state index in [0.717, 1.165) is 34.6 Å². The van der Waals surface area contributed by atoms with E-state index in [0.29, 0.717) is 11.1 Å². The highest BCUT2D eigenvalue weighted by molar-refractivity contribution is 7.48. The third-order valence-electron chi connectivity index (χ3n) is 5.58. The highest BCUT2D eigenvalue weighted by Crippen LogP contribution is 2.55. The van der Waals surface area contributed by atoms with Crippen molar-refractivity contribution in [1.82, 2.24) is 0 Å². The zero-order valence-electron chi connectivity index (χ0n) is 21.9. The number of ether oxygens (including phenoxy) is 5. The molecule has 2 aliphatic rings. The molecule has 3 rings (SSSR count). The summed E-state index contributed by atoms with van der Waals surface area (Å²) in [6, 6.07) is 6.96. The Kier molecular flexibility index (Phi) is 9.83. The number of phosphoric acid groups is 1. The van der Waals surface area contributed by atoms with Crippen LogP contribution in [0.1, 0.15) is 45.7 Å². The van der Waals surface area contributed by atoms with Crippen LogP contribution in [0, 0.1) is 0 Å². The minimum atomic E-state index is -4.51. The van der Waals surface area contributed by atoms with Gasteiger partial charge in [-0.3, -0.25) is 37.5 Å². The largest absolute Gasteiger partial charge is 0.475 e. The maximum atomic E-state index is 13.7. The van der Waals surface area contributed by atoms with Gasteiger partial charge in [0.1, 0.15) is 0 Å². The number of carbonyl (C=O) groups is 5. The summed E-state index contributed by atoms with van der Waals surface area (Å²) in [5.41, 5.74) is 1.34. The predicted octanol–water partition coefficient (Wildman–Crippen LogP) is 1.90. The molecule has 1 heterocycles. The van der Waals surface area contributed by atoms with Crippen molar-refractivity contribution in [3.8, 4) is 0 Å². The van der Waals surface area contributed by atoms with Crippen molar-refractivity contribution in [1.29, 1.82) is 0 Å². The standard InChI is InChI=1S/C24H29O14P/c1-12(25)33-19-20(34-13(2)26)22(36-15(4)28)24(23(37-16(5)29)21(19)35-14(3)27)38-39(30)31-10-17-8-6-7-9-18(17)11-32-39/h6-9,19-24H,10-11H2,1-5H3/t19?,20-,21-,22-,23+,24?/m1/s1. The number of hydrogen-bond acceptors (Lipinski definition) is 14. The lowest BCUT2D eigenvalue weighted by Gasteiger charge is -2.47. The van der Waals surface area contributed by atoms with Crippen molar-refractivity contribution in [3.63, 3.8) is 0 Å². The third-order valence-corrected chi connectivity index (χ3v) is 6.97. The van der Waals surface area contributed by atoms with Gasteiger partial charge in [-0.05, 0) is 11.1 Å². The molecule has 2 unspecified atom stereocenters. The predicted molar refractivity (Wildman–Crippen MR) is 126 cm³/mol. The zero-order chi connectivity index (χ0) is 28.9. The Bertz CT molecular complexity index is 1090. The molecule has 14 nitrogen and oxygen atoms in total. The molecule has 6 atom stereocenters. The molecule has 39 heavy (non-hydrogen) atoms. The lowest BCUT2D eigenvalue weighted by molar-refractivity contribution is -0.253. The van der Waals surface area contributed by atoms with E-state index in [4.69, 9.17) is 37.3 Å². The molecule has 1 aromatic carbocycles. The molecule has 0 bridgehead atoms. The van der Waals surface area contributed by atoms with E-state index in [1.54, 1.807) is 24.3 Å². The molecule has 0 aromatic heterocycles. The van der Waals surface area contributed by atoms with Crippen LogP contribution in [-0.4, -0.2) is 66.5 Å². The van der Waals surface area contributed by atoms with Crippen LogP contribution in [0.4, 0.5) is 0 Å². The van der Waals surface area contributed by atoms with Crippen LogP contribution in [0.15, 0.2) is 24.3 Å². The number of phosphoric ester groups is 1. The third kappa shape index (κ3) is 7.85. The molecule has 15 heteroatoms. The van der Waals surface area contributed by atoms with Crippen LogP contribution < -0.4 is 0 Å². The molecule has 214 valence electrons. The van der Waals surface area contributed by atoms with Gasteiger partial charge in [-0.2, -0.15) is 0 Å². The van der Waals surface area contributed by atoms with Crippen LogP contribution >= 0.6 is 7.82 Å². The van der Waals surface area contributed by atoms with Crippen LogP contribution in [0.5, 0.6) is 0 Å². The summed E-state index contributed by atoms with van der Waals surface area (Å²) in [4.78, 5) is 60.4. The first-order chi connectivity index (χ1) is 18.3. The lowest BCUT2D eigenvalue weighted by Crippen LogP contribution is -2.68. The normalized spacial score (nSPS) is 27.6. The Morgan fingerprint density at radius 2 is 0.872 bits per heavy atom. The van der Waals surface area contributed by atoms with Gasteiger partial charge in [-0.25, -0.2) is 4.57 Å². The number of fused-ring (bicyclic) bond motifs is 1. The molecule has 0 amide bonds. The molecule has 0 radical (unpaired) electrons. The second-order valence-corrected chi connectivity index (χ2v) is 10.3. The average Bonchev–Trinajstić information content (AvgIpc) is 2.99. The number of esters is 5. The van der Waals surface area contributed by atoms with Crippen molar-refractivity contribution < 1.29 is 65.8 Å². The van der Waals surface area contributed by atoms with E-state index in [-0.39, 0.29) is 13.2 Å². The fourth-order valence-corrected chi connectivity index (χ4v) is 5.58. The van der Waals surface area contributed by atoms with E-state index in [1.807, 2.05) is 0 Å². The van der Waals surface area contributed by atoms with E-state index in [1.165, 1.54) is 0 Å². The fraction of sp³-hybridized carbons (Fsp3) is 0.542. The van der Waals surface area contributed by atoms with E-state index >= 15 is 0 Å². The number of benzene rings is 1. The summed E-state index contributed by atoms with van der Waals surface area (Å²) < 4.78 is 57.2. The van der Waals surface area contributed by atoms with Crippen LogP contribution in [0.3, 0.4) is 0 Å². The summed E-state index contributed by atoms with van der Waals surface area (Å²) >= 11 is 0. The molecule has 1 aliphatic heterocycles. The summed E-state index contributed by atoms with van der Waals surface area (Å²) in [5.74, 6) is -4.51. The monoisotopic (exact) mass is 572 g/mol. The topological polar surface area (TPSA) is 176 Å². The molecule has 1 aliphatic carbocycles. The van der Waals surface area contributed by atoms with Crippen molar-refractivity contribution in [3.05, 3.63) is 35.4 Å². The molecule has 1 fully saturated rings. The number of hydrogen-bond donors (Lipinski definition) is 0. The minimum absolute atomic E-state index is 0.187. The Labute approximate surface area is 223 Å². The number of carbonyl (C=O) groups excluding carboxylic acids is 5. The Morgan fingerprint density at radius 3 is 1.15 bits per heavy atom. The quantitative estimate of drug-likeness (QED) is 0.263. The average molecular weight is 572 g/mol. The van der Waals surface area contributed by atoms with E-state index in [9.17, 15) is 28.5 Å². The van der Waals surface area contributed by atoms with Crippen molar-refractivity contribution in [2.24, 2.45) is 0 Å². The van der Waals surface area contributed by atoms with Crippen LogP contribution in [-0.2, 0) is 79.0 Å². The Morgan fingerprint density at radius 1 is 0.590 bits per heavy atom. The second kappa shape index (κ2) is 12.7. The van der Waals surface area contributed by atoms with Crippen LogP contribution in [0.2, 0.25) is 0 Å². The fourth-order valence-electron chi connectivity index (χ4n) is 4.25. The van der Waals surface area contributed by atoms with Gasteiger partial charge in [0.25, 0.3) is 0 Å². The second-order valence-electron chi connectivity index (χ2n) is 8.70. The van der Waals surface area contributed by atoms with Gasteiger partial charge >= 0.3 is 37.7 Å². The van der Waals surface area contributed by atoms with Crippen LogP contribution in [0.25, 0.3) is 0 Å². The summed E-state index contributed by atoms with van der Waals surface area (Å²) in [6.07, 6.45) is -10.1. The molecule has 1 saturated carbocycles. The zero-order valence-corrected chi connectivity index (χ0v) is 22.7. The minimum Gasteiger partial charge on any atom is -0.455 e. The SMILES string of the molecule is CC(=O)OC1[C@@H](OC(C)=O)[C@H](OC(C)=O)C(OP2(=O)OCc3ccccc3CO2)[C@H](OC(C)=O)[C@@H]1OC(C)=O. The van der Waals surface area contributed by atoms with Gasteiger partial charge in [0.2, 0.25) is 0 Å².